The van der Waals surface area contributed by atoms with Crippen molar-refractivity contribution in [3.8, 4) is 0 Å². The summed E-state index contributed by atoms with van der Waals surface area (Å²) < 4.78 is 12.1. The standard InChI is InChI=1S/C15H28O2/c1-13(2,3)12-6-8-15(9-7-12)16-10-14(4,5)11-17-15/h12H,6-11H2,1-5H3. The Bertz CT molecular complexity index is 255. The molecule has 2 rings (SSSR count). The molecule has 0 bridgehead atoms. The van der Waals surface area contributed by atoms with Crippen LogP contribution in [-0.2, 0) is 9.47 Å². The van der Waals surface area contributed by atoms with Crippen molar-refractivity contribution in [1.82, 2.24) is 0 Å². The Morgan fingerprint density at radius 2 is 1.41 bits per heavy atom. The van der Waals surface area contributed by atoms with Crippen molar-refractivity contribution in [3.63, 3.8) is 0 Å². The van der Waals surface area contributed by atoms with Gasteiger partial charge in [-0.25, -0.2) is 0 Å². The molecule has 2 nitrogen and oxygen atoms in total. The molecule has 2 aliphatic rings. The minimum atomic E-state index is -0.239. The Kier molecular flexibility index (Phi) is 3.33. The second-order valence-electron chi connectivity index (χ2n) is 7.79. The predicted octanol–water partition coefficient (Wildman–Crippen LogP) is 3.99. The molecule has 0 aromatic carbocycles. The molecular weight excluding hydrogens is 212 g/mol. The van der Waals surface area contributed by atoms with Crippen LogP contribution in [0.5, 0.6) is 0 Å². The van der Waals surface area contributed by atoms with Crippen molar-refractivity contribution in [3.05, 3.63) is 0 Å². The van der Waals surface area contributed by atoms with Crippen LogP contribution in [0.1, 0.15) is 60.3 Å². The van der Waals surface area contributed by atoms with Gasteiger partial charge in [0.15, 0.2) is 5.79 Å². The summed E-state index contributed by atoms with van der Waals surface area (Å²) in [6.45, 7) is 13.1. The van der Waals surface area contributed by atoms with E-state index in [1.54, 1.807) is 0 Å². The van der Waals surface area contributed by atoms with Crippen LogP contribution in [0.25, 0.3) is 0 Å². The third kappa shape index (κ3) is 3.03. The fraction of sp³-hybridized carbons (Fsp3) is 1.00. The van der Waals surface area contributed by atoms with Crippen LogP contribution in [0, 0.1) is 16.7 Å². The van der Waals surface area contributed by atoms with Crippen molar-refractivity contribution in [2.24, 2.45) is 16.7 Å². The van der Waals surface area contributed by atoms with E-state index < -0.39 is 0 Å². The van der Waals surface area contributed by atoms with Crippen molar-refractivity contribution in [1.29, 1.82) is 0 Å². The molecule has 2 fully saturated rings. The molecule has 0 amide bonds. The van der Waals surface area contributed by atoms with Crippen LogP contribution in [-0.4, -0.2) is 19.0 Å². The Hall–Kier alpha value is -0.0800. The number of hydrogen-bond acceptors (Lipinski definition) is 2. The minimum Gasteiger partial charge on any atom is -0.349 e. The lowest BCUT2D eigenvalue weighted by molar-refractivity contribution is -0.314. The first-order valence-corrected chi connectivity index (χ1v) is 7.00. The van der Waals surface area contributed by atoms with Gasteiger partial charge in [-0.3, -0.25) is 0 Å². The smallest absolute Gasteiger partial charge is 0.168 e. The van der Waals surface area contributed by atoms with E-state index in [-0.39, 0.29) is 11.2 Å². The SMILES string of the molecule is CC1(C)COC2(CCC(C(C)(C)C)CC2)OC1. The van der Waals surface area contributed by atoms with Crippen LogP contribution >= 0.6 is 0 Å². The zero-order chi connectivity index (χ0) is 12.7. The lowest BCUT2D eigenvalue weighted by Crippen LogP contribution is -2.50. The average molecular weight is 240 g/mol. The maximum absolute atomic E-state index is 6.06. The van der Waals surface area contributed by atoms with Gasteiger partial charge in [0, 0.05) is 18.3 Å². The number of ether oxygens (including phenoxy) is 2. The lowest BCUT2D eigenvalue weighted by Gasteiger charge is -2.48. The van der Waals surface area contributed by atoms with Gasteiger partial charge in [-0.2, -0.15) is 0 Å². The highest BCUT2D eigenvalue weighted by Gasteiger charge is 2.44. The molecule has 100 valence electrons. The summed E-state index contributed by atoms with van der Waals surface area (Å²) in [7, 11) is 0. The monoisotopic (exact) mass is 240 g/mol. The molecular formula is C15H28O2. The second-order valence-corrected chi connectivity index (χ2v) is 7.79. The Balaban J connectivity index is 1.91. The van der Waals surface area contributed by atoms with E-state index in [1.165, 1.54) is 12.8 Å². The molecule has 1 saturated carbocycles. The maximum atomic E-state index is 6.06. The third-order valence-electron chi connectivity index (χ3n) is 4.42. The second kappa shape index (κ2) is 4.24. The normalized spacial score (nSPS) is 29.5. The molecule has 0 radical (unpaired) electrons. The Labute approximate surface area is 106 Å². The van der Waals surface area contributed by atoms with Gasteiger partial charge in [-0.15, -0.1) is 0 Å². The van der Waals surface area contributed by atoms with Gasteiger partial charge in [-0.1, -0.05) is 34.6 Å². The molecule has 0 aromatic rings. The summed E-state index contributed by atoms with van der Waals surface area (Å²) in [5.74, 6) is 0.576. The van der Waals surface area contributed by atoms with Crippen LogP contribution < -0.4 is 0 Å². The van der Waals surface area contributed by atoms with Crippen LogP contribution in [0.2, 0.25) is 0 Å². The van der Waals surface area contributed by atoms with Gasteiger partial charge in [0.05, 0.1) is 13.2 Å². The molecule has 1 spiro atoms. The number of hydrogen-bond donors (Lipinski definition) is 0. The molecule has 0 atom stereocenters. The fourth-order valence-corrected chi connectivity index (χ4v) is 2.95. The zero-order valence-electron chi connectivity index (χ0n) is 12.1. The van der Waals surface area contributed by atoms with Gasteiger partial charge < -0.3 is 9.47 Å². The summed E-state index contributed by atoms with van der Waals surface area (Å²) >= 11 is 0. The van der Waals surface area contributed by atoms with E-state index in [0.717, 1.165) is 32.0 Å². The van der Waals surface area contributed by atoms with Gasteiger partial charge in [0.25, 0.3) is 0 Å². The van der Waals surface area contributed by atoms with E-state index in [4.69, 9.17) is 9.47 Å². The first-order valence-electron chi connectivity index (χ1n) is 7.00. The van der Waals surface area contributed by atoms with E-state index in [9.17, 15) is 0 Å². The highest BCUT2D eigenvalue weighted by Crippen LogP contribution is 2.45. The molecule has 1 saturated heterocycles. The summed E-state index contributed by atoms with van der Waals surface area (Å²) in [5, 5.41) is 0. The van der Waals surface area contributed by atoms with Crippen LogP contribution in [0.3, 0.4) is 0 Å². The molecule has 17 heavy (non-hydrogen) atoms. The maximum Gasteiger partial charge on any atom is 0.168 e. The molecule has 0 aromatic heterocycles. The largest absolute Gasteiger partial charge is 0.349 e. The van der Waals surface area contributed by atoms with Crippen molar-refractivity contribution in [2.45, 2.75) is 66.1 Å². The van der Waals surface area contributed by atoms with Crippen molar-refractivity contribution >= 4 is 0 Å². The van der Waals surface area contributed by atoms with E-state index in [0.29, 0.717) is 5.41 Å². The van der Waals surface area contributed by atoms with Crippen LogP contribution in [0.4, 0.5) is 0 Å². The fourth-order valence-electron chi connectivity index (χ4n) is 2.95. The molecule has 0 N–H and O–H groups in total. The molecule has 1 aliphatic heterocycles. The summed E-state index contributed by atoms with van der Waals surface area (Å²) in [6, 6.07) is 0. The average Bonchev–Trinajstić information content (AvgIpc) is 2.23. The molecule has 1 heterocycles. The molecule has 1 aliphatic carbocycles. The highest BCUT2D eigenvalue weighted by atomic mass is 16.7. The summed E-state index contributed by atoms with van der Waals surface area (Å²) in [6.07, 6.45) is 4.63. The zero-order valence-corrected chi connectivity index (χ0v) is 12.1. The topological polar surface area (TPSA) is 18.5 Å². The third-order valence-corrected chi connectivity index (χ3v) is 4.42. The first-order chi connectivity index (χ1) is 7.73. The van der Waals surface area contributed by atoms with E-state index >= 15 is 0 Å². The van der Waals surface area contributed by atoms with Crippen LogP contribution in [0.15, 0.2) is 0 Å². The number of rotatable bonds is 0. The van der Waals surface area contributed by atoms with Gasteiger partial charge in [0.2, 0.25) is 0 Å². The van der Waals surface area contributed by atoms with Gasteiger partial charge >= 0.3 is 0 Å². The highest BCUT2D eigenvalue weighted by molar-refractivity contribution is 4.88. The Morgan fingerprint density at radius 1 is 0.941 bits per heavy atom. The molecule has 0 unspecified atom stereocenters. The van der Waals surface area contributed by atoms with Gasteiger partial charge in [0.1, 0.15) is 0 Å². The first kappa shape index (κ1) is 13.4. The molecule has 2 heteroatoms. The summed E-state index contributed by atoms with van der Waals surface area (Å²) in [5.41, 5.74) is 0.613. The van der Waals surface area contributed by atoms with E-state index in [2.05, 4.69) is 34.6 Å². The van der Waals surface area contributed by atoms with Gasteiger partial charge in [-0.05, 0) is 24.2 Å². The quantitative estimate of drug-likeness (QED) is 0.637. The lowest BCUT2D eigenvalue weighted by atomic mass is 9.70. The Morgan fingerprint density at radius 3 is 1.82 bits per heavy atom. The van der Waals surface area contributed by atoms with Crippen molar-refractivity contribution < 1.29 is 9.47 Å². The van der Waals surface area contributed by atoms with Crippen molar-refractivity contribution in [2.75, 3.05) is 13.2 Å². The summed E-state index contributed by atoms with van der Waals surface area (Å²) in [4.78, 5) is 0. The minimum absolute atomic E-state index is 0.187. The van der Waals surface area contributed by atoms with E-state index in [1.807, 2.05) is 0 Å². The predicted molar refractivity (Wildman–Crippen MR) is 69.8 cm³/mol.